The van der Waals surface area contributed by atoms with Crippen molar-refractivity contribution in [1.82, 2.24) is 10.2 Å². The SMILES string of the molecule is CCCCCCCCN(CCC=O)CCC(=O)NCCSC(C)(C)C. The van der Waals surface area contributed by atoms with E-state index in [0.29, 0.717) is 12.8 Å². The van der Waals surface area contributed by atoms with Crippen LogP contribution in [0.4, 0.5) is 0 Å². The van der Waals surface area contributed by atoms with Gasteiger partial charge in [-0.05, 0) is 13.0 Å². The lowest BCUT2D eigenvalue weighted by Gasteiger charge is -2.21. The molecule has 0 rings (SSSR count). The molecule has 1 amide bonds. The standard InChI is InChI=1S/C20H40N2O2S/c1-5-6-7-8-9-10-14-22(15-11-17-23)16-12-19(24)21-13-18-25-20(2,3)4/h17H,5-16,18H2,1-4H3,(H,21,24). The maximum atomic E-state index is 12.0. The smallest absolute Gasteiger partial charge is 0.221 e. The van der Waals surface area contributed by atoms with E-state index in [0.717, 1.165) is 44.6 Å². The summed E-state index contributed by atoms with van der Waals surface area (Å²) in [4.78, 5) is 24.9. The van der Waals surface area contributed by atoms with Crippen LogP contribution < -0.4 is 5.32 Å². The molecule has 0 aliphatic rings. The predicted molar refractivity (Wildman–Crippen MR) is 110 cm³/mol. The van der Waals surface area contributed by atoms with Gasteiger partial charge in [-0.15, -0.1) is 0 Å². The monoisotopic (exact) mass is 372 g/mol. The van der Waals surface area contributed by atoms with Gasteiger partial charge >= 0.3 is 0 Å². The highest BCUT2D eigenvalue weighted by Crippen LogP contribution is 2.21. The number of amides is 1. The van der Waals surface area contributed by atoms with Crippen molar-refractivity contribution >= 4 is 24.0 Å². The number of nitrogens with one attached hydrogen (secondary N) is 1. The number of unbranched alkanes of at least 4 members (excludes halogenated alkanes) is 5. The first-order valence-electron chi connectivity index (χ1n) is 9.95. The minimum Gasteiger partial charge on any atom is -0.355 e. The molecule has 0 aromatic heterocycles. The average molecular weight is 373 g/mol. The molecule has 0 aliphatic carbocycles. The van der Waals surface area contributed by atoms with Crippen LogP contribution in [0.3, 0.4) is 0 Å². The maximum absolute atomic E-state index is 12.0. The minimum atomic E-state index is 0.119. The van der Waals surface area contributed by atoms with Crippen LogP contribution in [0.1, 0.15) is 79.1 Å². The minimum absolute atomic E-state index is 0.119. The molecule has 5 heteroatoms. The summed E-state index contributed by atoms with van der Waals surface area (Å²) in [7, 11) is 0. The number of carbonyl (C=O) groups excluding carboxylic acids is 2. The number of thioether (sulfide) groups is 1. The number of nitrogens with zero attached hydrogens (tertiary/aromatic N) is 1. The van der Waals surface area contributed by atoms with Crippen molar-refractivity contribution in [2.24, 2.45) is 0 Å². The van der Waals surface area contributed by atoms with Crippen LogP contribution >= 0.6 is 11.8 Å². The molecule has 0 fully saturated rings. The largest absolute Gasteiger partial charge is 0.355 e. The Hall–Kier alpha value is -0.550. The molecular weight excluding hydrogens is 332 g/mol. The van der Waals surface area contributed by atoms with E-state index in [4.69, 9.17) is 0 Å². The second-order valence-corrected chi connectivity index (χ2v) is 9.55. The summed E-state index contributed by atoms with van der Waals surface area (Å²) in [6, 6.07) is 0. The summed E-state index contributed by atoms with van der Waals surface area (Å²) < 4.78 is 0.244. The first-order valence-corrected chi connectivity index (χ1v) is 10.9. The zero-order valence-electron chi connectivity index (χ0n) is 16.9. The van der Waals surface area contributed by atoms with Gasteiger partial charge in [-0.1, -0.05) is 59.8 Å². The summed E-state index contributed by atoms with van der Waals surface area (Å²) in [5.74, 6) is 1.07. The number of hydrogen-bond acceptors (Lipinski definition) is 4. The second kappa shape index (κ2) is 15.7. The lowest BCUT2D eigenvalue weighted by molar-refractivity contribution is -0.121. The molecule has 0 saturated heterocycles. The Morgan fingerprint density at radius 2 is 1.72 bits per heavy atom. The van der Waals surface area contributed by atoms with E-state index < -0.39 is 0 Å². The van der Waals surface area contributed by atoms with Crippen LogP contribution in [0.25, 0.3) is 0 Å². The summed E-state index contributed by atoms with van der Waals surface area (Å²) in [6.45, 7) is 12.0. The normalized spacial score (nSPS) is 11.7. The molecule has 0 spiro atoms. The molecule has 0 aliphatic heterocycles. The highest BCUT2D eigenvalue weighted by Gasteiger charge is 2.11. The predicted octanol–water partition coefficient (Wildman–Crippen LogP) is 4.28. The van der Waals surface area contributed by atoms with Gasteiger partial charge in [0.25, 0.3) is 0 Å². The fourth-order valence-electron chi connectivity index (χ4n) is 2.58. The molecule has 0 heterocycles. The molecule has 0 aromatic carbocycles. The Morgan fingerprint density at radius 3 is 2.36 bits per heavy atom. The first kappa shape index (κ1) is 24.5. The lowest BCUT2D eigenvalue weighted by Crippen LogP contribution is -2.33. The Labute approximate surface area is 159 Å². The molecule has 148 valence electrons. The lowest BCUT2D eigenvalue weighted by atomic mass is 10.1. The van der Waals surface area contributed by atoms with Crippen molar-refractivity contribution in [3.05, 3.63) is 0 Å². The molecule has 25 heavy (non-hydrogen) atoms. The quantitative estimate of drug-likeness (QED) is 0.325. The maximum Gasteiger partial charge on any atom is 0.221 e. The Balaban J connectivity index is 3.88. The Bertz CT molecular complexity index is 343. The second-order valence-electron chi connectivity index (χ2n) is 7.63. The van der Waals surface area contributed by atoms with Crippen molar-refractivity contribution in [2.45, 2.75) is 83.8 Å². The third kappa shape index (κ3) is 18.0. The summed E-state index contributed by atoms with van der Waals surface area (Å²) >= 11 is 1.87. The third-order valence-corrected chi connectivity index (χ3v) is 5.28. The number of hydrogen-bond donors (Lipinski definition) is 1. The van der Waals surface area contributed by atoms with Crippen molar-refractivity contribution in [1.29, 1.82) is 0 Å². The fourth-order valence-corrected chi connectivity index (χ4v) is 3.40. The molecule has 1 N–H and O–H groups in total. The zero-order chi connectivity index (χ0) is 19.0. The van der Waals surface area contributed by atoms with E-state index in [-0.39, 0.29) is 10.7 Å². The Kier molecular flexibility index (Phi) is 15.3. The van der Waals surface area contributed by atoms with Crippen molar-refractivity contribution in [3.63, 3.8) is 0 Å². The van der Waals surface area contributed by atoms with Gasteiger partial charge in [0.05, 0.1) is 0 Å². The van der Waals surface area contributed by atoms with Crippen molar-refractivity contribution in [3.8, 4) is 0 Å². The summed E-state index contributed by atoms with van der Waals surface area (Å²) in [5, 5.41) is 3.00. The van der Waals surface area contributed by atoms with E-state index in [2.05, 4.69) is 37.9 Å². The van der Waals surface area contributed by atoms with Gasteiger partial charge in [0.2, 0.25) is 5.91 Å². The third-order valence-electron chi connectivity index (χ3n) is 4.01. The zero-order valence-corrected chi connectivity index (χ0v) is 17.8. The molecule has 0 unspecified atom stereocenters. The van der Waals surface area contributed by atoms with Crippen LogP contribution in [0, 0.1) is 0 Å². The van der Waals surface area contributed by atoms with E-state index in [1.165, 1.54) is 32.1 Å². The van der Waals surface area contributed by atoms with Crippen LogP contribution in [0.15, 0.2) is 0 Å². The van der Waals surface area contributed by atoms with Gasteiger partial charge in [-0.3, -0.25) is 4.79 Å². The number of carbonyl (C=O) groups is 2. The van der Waals surface area contributed by atoms with E-state index in [9.17, 15) is 9.59 Å². The topological polar surface area (TPSA) is 49.4 Å². The van der Waals surface area contributed by atoms with Gasteiger partial charge in [-0.2, -0.15) is 11.8 Å². The van der Waals surface area contributed by atoms with Crippen LogP contribution in [-0.2, 0) is 9.59 Å². The first-order chi connectivity index (χ1) is 11.9. The van der Waals surface area contributed by atoms with Gasteiger partial charge < -0.3 is 15.0 Å². The summed E-state index contributed by atoms with van der Waals surface area (Å²) in [6.07, 6.45) is 9.66. The molecule has 0 atom stereocenters. The van der Waals surface area contributed by atoms with E-state index >= 15 is 0 Å². The number of aldehydes is 1. The highest BCUT2D eigenvalue weighted by molar-refractivity contribution is 8.00. The Morgan fingerprint density at radius 1 is 1.04 bits per heavy atom. The van der Waals surface area contributed by atoms with Gasteiger partial charge in [0.1, 0.15) is 6.29 Å². The van der Waals surface area contributed by atoms with Crippen molar-refractivity contribution in [2.75, 3.05) is 31.9 Å². The highest BCUT2D eigenvalue weighted by atomic mass is 32.2. The molecule has 4 nitrogen and oxygen atoms in total. The van der Waals surface area contributed by atoms with Crippen LogP contribution in [-0.4, -0.2) is 53.8 Å². The molecular formula is C20H40N2O2S. The van der Waals surface area contributed by atoms with Crippen LogP contribution in [0.2, 0.25) is 0 Å². The van der Waals surface area contributed by atoms with Gasteiger partial charge in [0.15, 0.2) is 0 Å². The molecule has 0 saturated carbocycles. The van der Waals surface area contributed by atoms with Gasteiger partial charge in [0, 0.05) is 43.0 Å². The van der Waals surface area contributed by atoms with Crippen molar-refractivity contribution < 1.29 is 9.59 Å². The summed E-state index contributed by atoms with van der Waals surface area (Å²) in [5.41, 5.74) is 0. The van der Waals surface area contributed by atoms with E-state index in [1.54, 1.807) is 0 Å². The molecule has 0 bridgehead atoms. The molecule has 0 aromatic rings. The number of rotatable bonds is 16. The fraction of sp³-hybridized carbons (Fsp3) is 0.900. The average Bonchev–Trinajstić information content (AvgIpc) is 2.55. The van der Waals surface area contributed by atoms with Gasteiger partial charge in [-0.25, -0.2) is 0 Å². The molecule has 0 radical (unpaired) electrons. The van der Waals surface area contributed by atoms with E-state index in [1.807, 2.05) is 11.8 Å². The van der Waals surface area contributed by atoms with Crippen LogP contribution in [0.5, 0.6) is 0 Å².